The molecule has 5 heteroatoms. The lowest BCUT2D eigenvalue weighted by Gasteiger charge is -2.41. The highest BCUT2D eigenvalue weighted by atomic mass is 16.4. The highest BCUT2D eigenvalue weighted by Crippen LogP contribution is 2.43. The number of nitrogens with zero attached hydrogens (tertiary/aromatic N) is 1. The number of nitrogens with two attached hydrogens (primary N) is 1. The number of carboxylic acids is 1. The average molecular weight is 256 g/mol. The lowest BCUT2D eigenvalue weighted by Crippen LogP contribution is -2.44. The van der Waals surface area contributed by atoms with Crippen molar-refractivity contribution in [2.75, 3.05) is 19.6 Å². The van der Waals surface area contributed by atoms with Crippen LogP contribution in [0, 0.1) is 11.3 Å². The van der Waals surface area contributed by atoms with Crippen LogP contribution in [0.15, 0.2) is 0 Å². The maximum absolute atomic E-state index is 12.2. The SMILES string of the molecule is CCN(CC(C)C(=O)O)C(=O)CC1(CN)CCC1. The predicted molar refractivity (Wildman–Crippen MR) is 69.0 cm³/mol. The monoisotopic (exact) mass is 256 g/mol. The molecule has 1 aliphatic rings. The van der Waals surface area contributed by atoms with Gasteiger partial charge in [0.15, 0.2) is 0 Å². The van der Waals surface area contributed by atoms with Gasteiger partial charge < -0.3 is 15.7 Å². The van der Waals surface area contributed by atoms with Crippen molar-refractivity contribution >= 4 is 11.9 Å². The number of hydrogen-bond donors (Lipinski definition) is 2. The predicted octanol–water partition coefficient (Wildman–Crippen LogP) is 1.07. The van der Waals surface area contributed by atoms with Gasteiger partial charge >= 0.3 is 5.97 Å². The third-order valence-corrected chi connectivity index (χ3v) is 4.02. The first kappa shape index (κ1) is 15.0. The van der Waals surface area contributed by atoms with Crippen molar-refractivity contribution in [3.8, 4) is 0 Å². The zero-order valence-corrected chi connectivity index (χ0v) is 11.3. The zero-order valence-electron chi connectivity index (χ0n) is 11.3. The Balaban J connectivity index is 2.54. The van der Waals surface area contributed by atoms with Crippen LogP contribution in [0.4, 0.5) is 0 Å². The van der Waals surface area contributed by atoms with Gasteiger partial charge in [-0.1, -0.05) is 13.3 Å². The second-order valence-electron chi connectivity index (χ2n) is 5.41. The van der Waals surface area contributed by atoms with E-state index in [4.69, 9.17) is 10.8 Å². The fourth-order valence-corrected chi connectivity index (χ4v) is 2.38. The number of carboxylic acid groups (broad SMARTS) is 1. The maximum atomic E-state index is 12.2. The Morgan fingerprint density at radius 2 is 2.06 bits per heavy atom. The van der Waals surface area contributed by atoms with Crippen LogP contribution in [-0.4, -0.2) is 41.5 Å². The highest BCUT2D eigenvalue weighted by molar-refractivity contribution is 5.78. The van der Waals surface area contributed by atoms with E-state index in [1.807, 2.05) is 6.92 Å². The molecule has 1 unspecified atom stereocenters. The molecule has 1 fully saturated rings. The van der Waals surface area contributed by atoms with Gasteiger partial charge in [0.25, 0.3) is 0 Å². The first-order valence-corrected chi connectivity index (χ1v) is 6.65. The minimum atomic E-state index is -0.863. The van der Waals surface area contributed by atoms with Crippen LogP contribution >= 0.6 is 0 Å². The van der Waals surface area contributed by atoms with Gasteiger partial charge in [-0.05, 0) is 31.7 Å². The van der Waals surface area contributed by atoms with Crippen molar-refractivity contribution < 1.29 is 14.7 Å². The zero-order chi connectivity index (χ0) is 13.8. The number of aliphatic carboxylic acids is 1. The van der Waals surface area contributed by atoms with Crippen molar-refractivity contribution in [3.05, 3.63) is 0 Å². The summed E-state index contributed by atoms with van der Waals surface area (Å²) < 4.78 is 0. The lowest BCUT2D eigenvalue weighted by atomic mass is 9.66. The summed E-state index contributed by atoms with van der Waals surface area (Å²) in [5.74, 6) is -1.35. The highest BCUT2D eigenvalue weighted by Gasteiger charge is 2.38. The van der Waals surface area contributed by atoms with Crippen molar-refractivity contribution in [1.82, 2.24) is 4.90 Å². The molecule has 5 nitrogen and oxygen atoms in total. The number of carbonyl (C=O) groups is 2. The maximum Gasteiger partial charge on any atom is 0.308 e. The van der Waals surface area contributed by atoms with Crippen LogP contribution in [0.2, 0.25) is 0 Å². The van der Waals surface area contributed by atoms with Gasteiger partial charge in [-0.15, -0.1) is 0 Å². The number of carbonyl (C=O) groups excluding carboxylic acids is 1. The van der Waals surface area contributed by atoms with E-state index in [1.165, 1.54) is 0 Å². The molecule has 0 bridgehead atoms. The standard InChI is InChI=1S/C13H24N2O3/c1-3-15(8-10(2)12(17)18)11(16)7-13(9-14)5-4-6-13/h10H,3-9,14H2,1-2H3,(H,17,18). The van der Waals surface area contributed by atoms with Crippen LogP contribution in [0.3, 0.4) is 0 Å². The lowest BCUT2D eigenvalue weighted by molar-refractivity contribution is -0.143. The smallest absolute Gasteiger partial charge is 0.308 e. The molecule has 3 N–H and O–H groups in total. The fraction of sp³-hybridized carbons (Fsp3) is 0.846. The summed E-state index contributed by atoms with van der Waals surface area (Å²) in [5, 5.41) is 8.89. The van der Waals surface area contributed by atoms with Gasteiger partial charge in [0.1, 0.15) is 0 Å². The minimum Gasteiger partial charge on any atom is -0.481 e. The molecule has 0 heterocycles. The Labute approximate surface area is 108 Å². The first-order chi connectivity index (χ1) is 8.44. The normalized spacial score (nSPS) is 18.8. The Bertz CT molecular complexity index is 308. The minimum absolute atomic E-state index is 0.0169. The summed E-state index contributed by atoms with van der Waals surface area (Å²) in [6, 6.07) is 0. The number of rotatable bonds is 7. The first-order valence-electron chi connectivity index (χ1n) is 6.65. The Kier molecular flexibility index (Phi) is 5.14. The average Bonchev–Trinajstić information content (AvgIpc) is 2.29. The Morgan fingerprint density at radius 3 is 2.39 bits per heavy atom. The quantitative estimate of drug-likeness (QED) is 0.714. The molecular weight excluding hydrogens is 232 g/mol. The van der Waals surface area contributed by atoms with Crippen molar-refractivity contribution in [2.45, 2.75) is 39.5 Å². The molecular formula is C13H24N2O3. The van der Waals surface area contributed by atoms with Crippen LogP contribution in [0.1, 0.15) is 39.5 Å². The molecule has 0 saturated heterocycles. The molecule has 1 atom stereocenters. The number of amides is 1. The van der Waals surface area contributed by atoms with E-state index in [-0.39, 0.29) is 17.9 Å². The second-order valence-corrected chi connectivity index (χ2v) is 5.41. The number of hydrogen-bond acceptors (Lipinski definition) is 3. The molecule has 0 aromatic rings. The third-order valence-electron chi connectivity index (χ3n) is 4.02. The van der Waals surface area contributed by atoms with E-state index in [9.17, 15) is 9.59 Å². The molecule has 1 aliphatic carbocycles. The van der Waals surface area contributed by atoms with Gasteiger partial charge in [-0.3, -0.25) is 9.59 Å². The summed E-state index contributed by atoms with van der Waals surface area (Å²) in [4.78, 5) is 24.6. The molecule has 0 spiro atoms. The van der Waals surface area contributed by atoms with Crippen molar-refractivity contribution in [3.63, 3.8) is 0 Å². The van der Waals surface area contributed by atoms with E-state index in [0.29, 0.717) is 19.5 Å². The Morgan fingerprint density at radius 1 is 1.44 bits per heavy atom. The second kappa shape index (κ2) is 6.18. The van der Waals surface area contributed by atoms with Gasteiger partial charge in [0, 0.05) is 19.5 Å². The summed E-state index contributed by atoms with van der Waals surface area (Å²) in [5.41, 5.74) is 5.73. The van der Waals surface area contributed by atoms with E-state index in [0.717, 1.165) is 19.3 Å². The Hall–Kier alpha value is -1.10. The van der Waals surface area contributed by atoms with Crippen molar-refractivity contribution in [1.29, 1.82) is 0 Å². The van der Waals surface area contributed by atoms with Crippen LogP contribution in [-0.2, 0) is 9.59 Å². The molecule has 18 heavy (non-hydrogen) atoms. The molecule has 104 valence electrons. The van der Waals surface area contributed by atoms with Gasteiger partial charge in [0.05, 0.1) is 5.92 Å². The summed E-state index contributed by atoms with van der Waals surface area (Å²) in [6.07, 6.45) is 3.63. The van der Waals surface area contributed by atoms with E-state index < -0.39 is 11.9 Å². The molecule has 0 radical (unpaired) electrons. The van der Waals surface area contributed by atoms with Gasteiger partial charge in [-0.25, -0.2) is 0 Å². The largest absolute Gasteiger partial charge is 0.481 e. The van der Waals surface area contributed by atoms with Crippen LogP contribution < -0.4 is 5.73 Å². The summed E-state index contributed by atoms with van der Waals surface area (Å²) in [6.45, 7) is 4.88. The van der Waals surface area contributed by atoms with E-state index in [1.54, 1.807) is 11.8 Å². The van der Waals surface area contributed by atoms with Gasteiger partial charge in [0.2, 0.25) is 5.91 Å². The molecule has 1 rings (SSSR count). The molecule has 0 aromatic carbocycles. The van der Waals surface area contributed by atoms with Crippen LogP contribution in [0.25, 0.3) is 0 Å². The topological polar surface area (TPSA) is 83.6 Å². The summed E-state index contributed by atoms with van der Waals surface area (Å²) in [7, 11) is 0. The third kappa shape index (κ3) is 3.45. The van der Waals surface area contributed by atoms with E-state index >= 15 is 0 Å². The summed E-state index contributed by atoms with van der Waals surface area (Å²) >= 11 is 0. The van der Waals surface area contributed by atoms with Gasteiger partial charge in [-0.2, -0.15) is 0 Å². The molecule has 1 saturated carbocycles. The van der Waals surface area contributed by atoms with E-state index in [2.05, 4.69) is 0 Å². The molecule has 1 amide bonds. The molecule has 0 aromatic heterocycles. The fourth-order valence-electron chi connectivity index (χ4n) is 2.38. The van der Waals surface area contributed by atoms with Crippen molar-refractivity contribution in [2.24, 2.45) is 17.1 Å². The molecule has 0 aliphatic heterocycles. The van der Waals surface area contributed by atoms with Crippen LogP contribution in [0.5, 0.6) is 0 Å².